The van der Waals surface area contributed by atoms with Gasteiger partial charge in [-0.15, -0.1) is 10.2 Å². The number of anilines is 1. The van der Waals surface area contributed by atoms with Crippen LogP contribution in [0.4, 0.5) is 18.9 Å². The van der Waals surface area contributed by atoms with E-state index in [4.69, 9.17) is 4.74 Å². The van der Waals surface area contributed by atoms with Gasteiger partial charge in [0.1, 0.15) is 11.6 Å². The SMILES string of the molecule is COc1ccccc1NC(=O)C(C)N1CCCC(c2nnc3ccc(C(F)(F)F)cn23)C1. The van der Waals surface area contributed by atoms with Gasteiger partial charge in [0.2, 0.25) is 5.91 Å². The van der Waals surface area contributed by atoms with Crippen molar-refractivity contribution >= 4 is 17.2 Å². The fourth-order valence-corrected chi connectivity index (χ4v) is 4.07. The summed E-state index contributed by atoms with van der Waals surface area (Å²) < 4.78 is 46.2. The maximum atomic E-state index is 13.2. The first-order chi connectivity index (χ1) is 15.3. The molecule has 2 unspecified atom stereocenters. The molecule has 2 atom stereocenters. The first-order valence-corrected chi connectivity index (χ1v) is 10.4. The lowest BCUT2D eigenvalue weighted by Gasteiger charge is -2.35. The van der Waals surface area contributed by atoms with E-state index in [2.05, 4.69) is 15.5 Å². The molecule has 7 nitrogen and oxygen atoms in total. The molecule has 0 spiro atoms. The molecule has 3 heterocycles. The van der Waals surface area contributed by atoms with Crippen LogP contribution in [0.25, 0.3) is 5.65 Å². The smallest absolute Gasteiger partial charge is 0.417 e. The number of halogens is 3. The van der Waals surface area contributed by atoms with Gasteiger partial charge in [0.05, 0.1) is 24.4 Å². The maximum absolute atomic E-state index is 13.2. The van der Waals surface area contributed by atoms with Crippen LogP contribution in [0.1, 0.15) is 37.1 Å². The average molecular weight is 447 g/mol. The van der Waals surface area contributed by atoms with Crippen molar-refractivity contribution < 1.29 is 22.7 Å². The minimum atomic E-state index is -4.45. The standard InChI is InChI=1S/C22H24F3N5O2/c1-14(21(31)26-17-7-3-4-8-18(17)32-2)29-11-5-6-15(12-29)20-28-27-19-10-9-16(13-30(19)20)22(23,24)25/h3-4,7-10,13-15H,5-6,11-12H2,1-2H3,(H,26,31). The van der Waals surface area contributed by atoms with E-state index < -0.39 is 17.8 Å². The highest BCUT2D eigenvalue weighted by atomic mass is 19.4. The number of hydrogen-bond donors (Lipinski definition) is 1. The number of alkyl halides is 3. The highest BCUT2D eigenvalue weighted by Crippen LogP contribution is 2.32. The molecular weight excluding hydrogens is 423 g/mol. The molecule has 3 aromatic rings. The molecule has 0 saturated carbocycles. The van der Waals surface area contributed by atoms with Crippen molar-refractivity contribution in [3.05, 3.63) is 54.0 Å². The van der Waals surface area contributed by atoms with E-state index in [0.29, 0.717) is 36.0 Å². The van der Waals surface area contributed by atoms with Crippen LogP contribution in [0.15, 0.2) is 42.6 Å². The second-order valence-corrected chi connectivity index (χ2v) is 7.90. The third-order valence-corrected chi connectivity index (χ3v) is 5.87. The van der Waals surface area contributed by atoms with Gasteiger partial charge in [0, 0.05) is 18.7 Å². The Morgan fingerprint density at radius 1 is 1.22 bits per heavy atom. The van der Waals surface area contributed by atoms with Gasteiger partial charge in [-0.25, -0.2) is 0 Å². The number of fused-ring (bicyclic) bond motifs is 1. The molecule has 1 aliphatic rings. The van der Waals surface area contributed by atoms with Crippen LogP contribution >= 0.6 is 0 Å². The molecule has 4 rings (SSSR count). The first-order valence-electron chi connectivity index (χ1n) is 10.4. The first kappa shape index (κ1) is 22.1. The minimum Gasteiger partial charge on any atom is -0.495 e. The van der Waals surface area contributed by atoms with Crippen molar-refractivity contribution in [2.24, 2.45) is 0 Å². The Morgan fingerprint density at radius 2 is 2.00 bits per heavy atom. The Labute approximate surface area is 183 Å². The van der Waals surface area contributed by atoms with Gasteiger partial charge in [0.25, 0.3) is 0 Å². The summed E-state index contributed by atoms with van der Waals surface area (Å²) in [7, 11) is 1.54. The Hall–Kier alpha value is -3.14. The number of nitrogens with one attached hydrogen (secondary N) is 1. The summed E-state index contributed by atoms with van der Waals surface area (Å²) in [5.41, 5.74) is 0.207. The summed E-state index contributed by atoms with van der Waals surface area (Å²) in [5, 5.41) is 11.1. The maximum Gasteiger partial charge on any atom is 0.417 e. The number of para-hydroxylation sites is 2. The van der Waals surface area contributed by atoms with Gasteiger partial charge in [0.15, 0.2) is 5.65 Å². The molecule has 1 aliphatic heterocycles. The second kappa shape index (κ2) is 8.78. The van der Waals surface area contributed by atoms with E-state index in [1.54, 1.807) is 12.1 Å². The molecular formula is C22H24F3N5O2. The third kappa shape index (κ3) is 4.40. The van der Waals surface area contributed by atoms with E-state index in [-0.39, 0.29) is 11.8 Å². The van der Waals surface area contributed by atoms with Crippen LogP contribution in [-0.2, 0) is 11.0 Å². The number of carbonyl (C=O) groups excluding carboxylic acids is 1. The Balaban J connectivity index is 1.51. The number of aromatic nitrogens is 3. The van der Waals surface area contributed by atoms with Crippen LogP contribution < -0.4 is 10.1 Å². The number of likely N-dealkylation sites (tertiary alicyclic amines) is 1. The largest absolute Gasteiger partial charge is 0.495 e. The summed E-state index contributed by atoms with van der Waals surface area (Å²) in [5.74, 6) is 0.734. The molecule has 1 amide bonds. The lowest BCUT2D eigenvalue weighted by Crippen LogP contribution is -2.46. The van der Waals surface area contributed by atoms with Crippen LogP contribution in [0.3, 0.4) is 0 Å². The Kier molecular flexibility index (Phi) is 6.05. The molecule has 0 bridgehead atoms. The number of ether oxygens (including phenoxy) is 1. The van der Waals surface area contributed by atoms with Gasteiger partial charge in [-0.2, -0.15) is 13.2 Å². The lowest BCUT2D eigenvalue weighted by molar-refractivity contribution is -0.137. The Bertz CT molecular complexity index is 1110. The van der Waals surface area contributed by atoms with Gasteiger partial charge < -0.3 is 10.1 Å². The van der Waals surface area contributed by atoms with Crippen LogP contribution in [0.2, 0.25) is 0 Å². The molecule has 1 fully saturated rings. The second-order valence-electron chi connectivity index (χ2n) is 7.90. The van der Waals surface area contributed by atoms with Crippen molar-refractivity contribution in [3.8, 4) is 5.75 Å². The number of hydrogen-bond acceptors (Lipinski definition) is 5. The average Bonchev–Trinajstić information content (AvgIpc) is 3.22. The molecule has 1 saturated heterocycles. The lowest BCUT2D eigenvalue weighted by atomic mass is 9.96. The van der Waals surface area contributed by atoms with Crippen molar-refractivity contribution in [2.75, 3.05) is 25.5 Å². The highest BCUT2D eigenvalue weighted by molar-refractivity contribution is 5.95. The zero-order valence-corrected chi connectivity index (χ0v) is 17.8. The van der Waals surface area contributed by atoms with E-state index in [1.165, 1.54) is 17.6 Å². The van der Waals surface area contributed by atoms with Gasteiger partial charge >= 0.3 is 6.18 Å². The number of benzene rings is 1. The van der Waals surface area contributed by atoms with Crippen LogP contribution in [0, 0.1) is 0 Å². The number of carbonyl (C=O) groups is 1. The van der Waals surface area contributed by atoms with Crippen LogP contribution in [0.5, 0.6) is 5.75 Å². The third-order valence-electron chi connectivity index (χ3n) is 5.87. The fraction of sp³-hybridized carbons (Fsp3) is 0.409. The molecule has 1 aromatic carbocycles. The topological polar surface area (TPSA) is 71.8 Å². The Morgan fingerprint density at radius 3 is 2.75 bits per heavy atom. The number of amides is 1. The number of rotatable bonds is 5. The number of methoxy groups -OCH3 is 1. The van der Waals surface area contributed by atoms with E-state index in [0.717, 1.165) is 25.1 Å². The normalized spacial score (nSPS) is 18.5. The predicted molar refractivity (Wildman–Crippen MR) is 113 cm³/mol. The minimum absolute atomic E-state index is 0.135. The molecule has 10 heteroatoms. The highest BCUT2D eigenvalue weighted by Gasteiger charge is 2.33. The predicted octanol–water partition coefficient (Wildman–Crippen LogP) is 3.96. The summed E-state index contributed by atoms with van der Waals surface area (Å²) in [6.45, 7) is 3.02. The van der Waals surface area contributed by atoms with Crippen molar-refractivity contribution in [3.63, 3.8) is 0 Å². The summed E-state index contributed by atoms with van der Waals surface area (Å²) in [4.78, 5) is 14.9. The van der Waals surface area contributed by atoms with Gasteiger partial charge in [-0.1, -0.05) is 12.1 Å². The van der Waals surface area contributed by atoms with Gasteiger partial charge in [-0.3, -0.25) is 14.1 Å². The number of pyridine rings is 1. The molecule has 0 radical (unpaired) electrons. The zero-order chi connectivity index (χ0) is 22.9. The number of piperidine rings is 1. The van der Waals surface area contributed by atoms with Crippen LogP contribution in [-0.4, -0.2) is 51.6 Å². The molecule has 1 N–H and O–H groups in total. The van der Waals surface area contributed by atoms with Crippen molar-refractivity contribution in [1.82, 2.24) is 19.5 Å². The fourth-order valence-electron chi connectivity index (χ4n) is 4.07. The summed E-state index contributed by atoms with van der Waals surface area (Å²) in [6, 6.07) is 9.05. The molecule has 0 aliphatic carbocycles. The monoisotopic (exact) mass is 447 g/mol. The zero-order valence-electron chi connectivity index (χ0n) is 17.8. The summed E-state index contributed by atoms with van der Waals surface area (Å²) in [6.07, 6.45) is -1.85. The molecule has 32 heavy (non-hydrogen) atoms. The van der Waals surface area contributed by atoms with Gasteiger partial charge in [-0.05, 0) is 50.6 Å². The number of nitrogens with zero attached hydrogens (tertiary/aromatic N) is 4. The van der Waals surface area contributed by atoms with E-state index in [1.807, 2.05) is 24.0 Å². The quantitative estimate of drug-likeness (QED) is 0.641. The van der Waals surface area contributed by atoms with Crippen molar-refractivity contribution in [1.29, 1.82) is 0 Å². The van der Waals surface area contributed by atoms with E-state index >= 15 is 0 Å². The molecule has 170 valence electrons. The molecule has 2 aromatic heterocycles. The summed E-state index contributed by atoms with van der Waals surface area (Å²) >= 11 is 0. The van der Waals surface area contributed by atoms with Crippen molar-refractivity contribution in [2.45, 2.75) is 37.9 Å². The van der Waals surface area contributed by atoms with E-state index in [9.17, 15) is 18.0 Å².